The van der Waals surface area contributed by atoms with Gasteiger partial charge in [0.1, 0.15) is 11.5 Å². The predicted octanol–water partition coefficient (Wildman–Crippen LogP) is 3.42. The molecule has 9 nitrogen and oxygen atoms in total. The van der Waals surface area contributed by atoms with Crippen molar-refractivity contribution in [1.29, 1.82) is 0 Å². The van der Waals surface area contributed by atoms with Crippen LogP contribution in [0.2, 0.25) is 0 Å². The Balaban J connectivity index is 1.82. The van der Waals surface area contributed by atoms with E-state index in [1.165, 1.54) is 26.2 Å². The minimum Gasteiger partial charge on any atom is -0.507 e. The molecule has 1 aliphatic rings. The second-order valence-corrected chi connectivity index (χ2v) is 7.96. The first-order chi connectivity index (χ1) is 17.0. The smallest absolute Gasteiger partial charge is 0.295 e. The summed E-state index contributed by atoms with van der Waals surface area (Å²) in [7, 11) is 4.52. The molecule has 1 saturated heterocycles. The molecule has 1 aromatic heterocycles. The van der Waals surface area contributed by atoms with Gasteiger partial charge in [-0.15, -0.1) is 0 Å². The maximum Gasteiger partial charge on any atom is 0.295 e. The van der Waals surface area contributed by atoms with E-state index in [9.17, 15) is 14.7 Å². The molecule has 0 spiro atoms. The van der Waals surface area contributed by atoms with Crippen molar-refractivity contribution < 1.29 is 28.9 Å². The van der Waals surface area contributed by atoms with Gasteiger partial charge in [0.2, 0.25) is 0 Å². The van der Waals surface area contributed by atoms with Crippen molar-refractivity contribution in [2.75, 3.05) is 27.9 Å². The Labute approximate surface area is 203 Å². The van der Waals surface area contributed by atoms with Crippen LogP contribution in [0.15, 0.2) is 66.8 Å². The van der Waals surface area contributed by atoms with E-state index in [1.54, 1.807) is 55.0 Å². The van der Waals surface area contributed by atoms with Crippen LogP contribution in [0.4, 0.5) is 0 Å². The van der Waals surface area contributed by atoms with Gasteiger partial charge >= 0.3 is 0 Å². The second-order valence-electron chi connectivity index (χ2n) is 7.96. The third-order valence-corrected chi connectivity index (χ3v) is 5.99. The highest BCUT2D eigenvalue weighted by Crippen LogP contribution is 2.45. The summed E-state index contributed by atoms with van der Waals surface area (Å²) >= 11 is 0. The highest BCUT2D eigenvalue weighted by molar-refractivity contribution is 6.46. The maximum absolute atomic E-state index is 13.3. The number of imidazole rings is 1. The molecule has 2 aromatic carbocycles. The number of aromatic nitrogens is 2. The van der Waals surface area contributed by atoms with E-state index in [2.05, 4.69) is 4.98 Å². The number of likely N-dealkylation sites (tertiary alicyclic amines) is 1. The van der Waals surface area contributed by atoms with Crippen LogP contribution in [0.3, 0.4) is 0 Å². The summed E-state index contributed by atoms with van der Waals surface area (Å²) in [6, 6.07) is 11.1. The summed E-state index contributed by atoms with van der Waals surface area (Å²) in [6.07, 6.45) is 5.78. The van der Waals surface area contributed by atoms with Gasteiger partial charge in [0.05, 0.1) is 39.3 Å². The average Bonchev–Trinajstić information content (AvgIpc) is 3.50. The Morgan fingerprint density at radius 3 is 2.51 bits per heavy atom. The fraction of sp³-hybridized carbons (Fsp3) is 0.269. The third-order valence-electron chi connectivity index (χ3n) is 5.99. The van der Waals surface area contributed by atoms with Crippen molar-refractivity contribution in [3.05, 3.63) is 77.9 Å². The molecule has 1 aliphatic heterocycles. The molecule has 9 heteroatoms. The molecule has 1 fully saturated rings. The Hall–Kier alpha value is -4.27. The lowest BCUT2D eigenvalue weighted by Gasteiger charge is -2.27. The fourth-order valence-corrected chi connectivity index (χ4v) is 4.33. The quantitative estimate of drug-likeness (QED) is 0.286. The van der Waals surface area contributed by atoms with E-state index < -0.39 is 17.7 Å². The molecule has 0 radical (unpaired) electrons. The van der Waals surface area contributed by atoms with E-state index in [-0.39, 0.29) is 17.9 Å². The molecule has 0 aliphatic carbocycles. The van der Waals surface area contributed by atoms with Gasteiger partial charge in [-0.1, -0.05) is 24.3 Å². The van der Waals surface area contributed by atoms with Gasteiger partial charge in [0, 0.05) is 36.6 Å². The minimum absolute atomic E-state index is 0.0163. The first kappa shape index (κ1) is 23.9. The zero-order chi connectivity index (χ0) is 24.9. The maximum atomic E-state index is 13.3. The van der Waals surface area contributed by atoms with Gasteiger partial charge in [0.25, 0.3) is 11.7 Å². The number of Topliss-reactive ketones (excluding diaryl/α,β-unsaturated/α-hetero) is 1. The Morgan fingerprint density at radius 1 is 1.03 bits per heavy atom. The number of nitrogens with zero attached hydrogens (tertiary/aromatic N) is 3. The summed E-state index contributed by atoms with van der Waals surface area (Å²) in [5, 5.41) is 11.3. The summed E-state index contributed by atoms with van der Waals surface area (Å²) in [5.41, 5.74) is 0.892. The molecular weight excluding hydrogens is 450 g/mol. The number of rotatable bonds is 9. The minimum atomic E-state index is -0.867. The summed E-state index contributed by atoms with van der Waals surface area (Å²) in [5.74, 6) is -0.375. The lowest BCUT2D eigenvalue weighted by atomic mass is 9.94. The number of ether oxygens (including phenoxy) is 3. The number of ketones is 1. The van der Waals surface area contributed by atoms with Crippen molar-refractivity contribution in [2.45, 2.75) is 19.0 Å². The number of aliphatic hydroxyl groups is 1. The number of carbonyl (C=O) groups excluding carboxylic acids is 2. The monoisotopic (exact) mass is 477 g/mol. The van der Waals surface area contributed by atoms with Gasteiger partial charge in [-0.25, -0.2) is 4.98 Å². The first-order valence-corrected chi connectivity index (χ1v) is 11.1. The standard InChI is InChI=1S/C26H27N3O6/c1-33-18-8-4-7-17(15-18)23(30)21-22(19-9-5-10-20(34-2)25(19)35-3)29(26(32)24(21)31)13-6-12-28-14-11-27-16-28/h4-5,7-11,14-16,22,30H,6,12-13H2,1-3H3/b23-21+/t22-/m1/s1. The average molecular weight is 478 g/mol. The highest BCUT2D eigenvalue weighted by atomic mass is 16.5. The molecule has 0 saturated carbocycles. The zero-order valence-corrected chi connectivity index (χ0v) is 19.8. The van der Waals surface area contributed by atoms with Gasteiger partial charge < -0.3 is 28.8 Å². The van der Waals surface area contributed by atoms with Gasteiger partial charge in [0.15, 0.2) is 11.5 Å². The van der Waals surface area contributed by atoms with Crippen LogP contribution in [-0.4, -0.2) is 59.1 Å². The van der Waals surface area contributed by atoms with Gasteiger partial charge in [-0.2, -0.15) is 0 Å². The van der Waals surface area contributed by atoms with Crippen molar-refractivity contribution in [3.63, 3.8) is 0 Å². The lowest BCUT2D eigenvalue weighted by molar-refractivity contribution is -0.140. The number of aryl methyl sites for hydroxylation is 1. The van der Waals surface area contributed by atoms with Crippen LogP contribution in [-0.2, 0) is 16.1 Å². The van der Waals surface area contributed by atoms with Crippen LogP contribution in [0.5, 0.6) is 17.2 Å². The molecule has 0 unspecified atom stereocenters. The van der Waals surface area contributed by atoms with Crippen molar-refractivity contribution >= 4 is 17.4 Å². The molecule has 182 valence electrons. The second kappa shape index (κ2) is 10.3. The van der Waals surface area contributed by atoms with Crippen LogP contribution in [0.25, 0.3) is 5.76 Å². The van der Waals surface area contributed by atoms with E-state index in [0.717, 1.165) is 0 Å². The number of methoxy groups -OCH3 is 3. The first-order valence-electron chi connectivity index (χ1n) is 11.1. The number of hydrogen-bond acceptors (Lipinski definition) is 7. The molecular formula is C26H27N3O6. The molecule has 4 rings (SSSR count). The van der Waals surface area contributed by atoms with Gasteiger partial charge in [-0.3, -0.25) is 9.59 Å². The van der Waals surface area contributed by atoms with Crippen LogP contribution >= 0.6 is 0 Å². The van der Waals surface area contributed by atoms with Gasteiger partial charge in [-0.05, 0) is 24.6 Å². The molecule has 0 bridgehead atoms. The molecule has 3 aromatic rings. The number of hydrogen-bond donors (Lipinski definition) is 1. The molecule has 2 heterocycles. The highest BCUT2D eigenvalue weighted by Gasteiger charge is 2.47. The lowest BCUT2D eigenvalue weighted by Crippen LogP contribution is -2.31. The van der Waals surface area contributed by atoms with E-state index >= 15 is 0 Å². The van der Waals surface area contributed by atoms with Crippen molar-refractivity contribution in [1.82, 2.24) is 14.5 Å². The van der Waals surface area contributed by atoms with Crippen LogP contribution < -0.4 is 14.2 Å². The van der Waals surface area contributed by atoms with Crippen molar-refractivity contribution in [3.8, 4) is 17.2 Å². The normalized spacial score (nSPS) is 17.0. The van der Waals surface area contributed by atoms with E-state index in [1.807, 2.05) is 10.8 Å². The Morgan fingerprint density at radius 2 is 1.83 bits per heavy atom. The Bertz CT molecular complexity index is 1250. The fourth-order valence-electron chi connectivity index (χ4n) is 4.33. The number of benzene rings is 2. The summed E-state index contributed by atoms with van der Waals surface area (Å²) < 4.78 is 18.2. The zero-order valence-electron chi connectivity index (χ0n) is 19.8. The van der Waals surface area contributed by atoms with Crippen LogP contribution in [0.1, 0.15) is 23.6 Å². The Kier molecular flexibility index (Phi) is 7.05. The SMILES string of the molecule is COc1cccc(/C(O)=C2\C(=O)C(=O)N(CCCn3ccnc3)[C@@H]2c2cccc(OC)c2OC)c1. The van der Waals surface area contributed by atoms with Crippen molar-refractivity contribution in [2.24, 2.45) is 0 Å². The number of carbonyl (C=O) groups is 2. The van der Waals surface area contributed by atoms with Crippen LogP contribution in [0, 0.1) is 0 Å². The van der Waals surface area contributed by atoms with E-state index in [4.69, 9.17) is 14.2 Å². The largest absolute Gasteiger partial charge is 0.507 e. The molecule has 35 heavy (non-hydrogen) atoms. The number of amides is 1. The summed E-state index contributed by atoms with van der Waals surface area (Å²) in [4.78, 5) is 32.0. The predicted molar refractivity (Wildman–Crippen MR) is 128 cm³/mol. The molecule has 1 amide bonds. The topological polar surface area (TPSA) is 103 Å². The third kappa shape index (κ3) is 4.57. The number of para-hydroxylation sites is 1. The summed E-state index contributed by atoms with van der Waals surface area (Å²) in [6.45, 7) is 0.892. The molecule has 1 N–H and O–H groups in total. The number of aliphatic hydroxyl groups excluding tert-OH is 1. The molecule has 1 atom stereocenters. The van der Waals surface area contributed by atoms with E-state index in [0.29, 0.717) is 41.3 Å².